The van der Waals surface area contributed by atoms with Gasteiger partial charge in [-0.05, 0) is 32.6 Å². The first-order valence-corrected chi connectivity index (χ1v) is 6.41. The molecule has 2 rings (SSSR count). The van der Waals surface area contributed by atoms with Gasteiger partial charge in [0.25, 0.3) is 0 Å². The zero-order valence-corrected chi connectivity index (χ0v) is 10.6. The van der Waals surface area contributed by atoms with Gasteiger partial charge < -0.3 is 9.84 Å². The molecule has 100 valence electrons. The Morgan fingerprint density at radius 2 is 2.22 bits per heavy atom. The van der Waals surface area contributed by atoms with Gasteiger partial charge in [0.15, 0.2) is 5.82 Å². The van der Waals surface area contributed by atoms with Gasteiger partial charge in [0, 0.05) is 6.54 Å². The first kappa shape index (κ1) is 13.0. The normalized spacial score (nSPS) is 24.1. The van der Waals surface area contributed by atoms with Crippen LogP contribution in [0.3, 0.4) is 0 Å². The van der Waals surface area contributed by atoms with Gasteiger partial charge in [-0.15, -0.1) is 0 Å². The number of nitrogens with zero attached hydrogens (tertiary/aromatic N) is 3. The summed E-state index contributed by atoms with van der Waals surface area (Å²) in [5.41, 5.74) is 0. The second kappa shape index (κ2) is 5.95. The van der Waals surface area contributed by atoms with Gasteiger partial charge in [0.1, 0.15) is 12.9 Å². The largest absolute Gasteiger partial charge is 0.481 e. The number of hydrogen-bond donors (Lipinski definition) is 1. The first-order valence-electron chi connectivity index (χ1n) is 6.41. The van der Waals surface area contributed by atoms with Crippen molar-refractivity contribution in [3.8, 4) is 0 Å². The summed E-state index contributed by atoms with van der Waals surface area (Å²) < 4.78 is 7.59. The molecule has 1 aliphatic rings. The number of carboxylic acid groups (broad SMARTS) is 1. The average molecular weight is 253 g/mol. The summed E-state index contributed by atoms with van der Waals surface area (Å²) in [4.78, 5) is 15.0. The Bertz CT molecular complexity index is 397. The molecule has 0 unspecified atom stereocenters. The van der Waals surface area contributed by atoms with Crippen LogP contribution in [0.4, 0.5) is 0 Å². The summed E-state index contributed by atoms with van der Waals surface area (Å²) in [6.45, 7) is 3.25. The minimum absolute atomic E-state index is 0.155. The van der Waals surface area contributed by atoms with Crippen LogP contribution in [-0.2, 0) is 22.7 Å². The van der Waals surface area contributed by atoms with E-state index in [4.69, 9.17) is 9.84 Å². The molecule has 0 aliphatic heterocycles. The maximum absolute atomic E-state index is 10.8. The zero-order chi connectivity index (χ0) is 13.0. The lowest BCUT2D eigenvalue weighted by atomic mass is 9.87. The molecule has 1 aromatic rings. The summed E-state index contributed by atoms with van der Waals surface area (Å²) in [5.74, 6) is -0.0406. The second-order valence-electron chi connectivity index (χ2n) is 4.61. The molecule has 0 spiro atoms. The van der Waals surface area contributed by atoms with Crippen molar-refractivity contribution < 1.29 is 14.6 Å². The van der Waals surface area contributed by atoms with Crippen LogP contribution < -0.4 is 0 Å². The lowest BCUT2D eigenvalue weighted by Crippen LogP contribution is -2.26. The second-order valence-corrected chi connectivity index (χ2v) is 4.61. The summed E-state index contributed by atoms with van der Waals surface area (Å²) in [7, 11) is 0. The molecule has 0 atom stereocenters. The Morgan fingerprint density at radius 3 is 2.83 bits per heavy atom. The monoisotopic (exact) mass is 253 g/mol. The van der Waals surface area contributed by atoms with Crippen LogP contribution in [0.25, 0.3) is 0 Å². The number of rotatable bonds is 5. The summed E-state index contributed by atoms with van der Waals surface area (Å²) in [6, 6.07) is 0. The number of aromatic nitrogens is 3. The minimum atomic E-state index is -0.681. The number of aryl methyl sites for hydroxylation is 1. The summed E-state index contributed by atoms with van der Waals surface area (Å²) in [6.07, 6.45) is 4.74. The Hall–Kier alpha value is -1.43. The molecule has 18 heavy (non-hydrogen) atoms. The highest BCUT2D eigenvalue weighted by Gasteiger charge is 2.26. The SMILES string of the molecule is CCn1ncnc1COC1CCC(C(=O)O)CC1. The van der Waals surface area contributed by atoms with Crippen LogP contribution in [0, 0.1) is 5.92 Å². The van der Waals surface area contributed by atoms with Crippen molar-refractivity contribution in [1.29, 1.82) is 0 Å². The standard InChI is InChI=1S/C12H19N3O3/c1-2-15-11(13-8-14-15)7-18-10-5-3-9(4-6-10)12(16)17/h8-10H,2-7H2,1H3,(H,16,17). The van der Waals surface area contributed by atoms with Crippen molar-refractivity contribution in [2.45, 2.75) is 51.9 Å². The summed E-state index contributed by atoms with van der Waals surface area (Å²) >= 11 is 0. The van der Waals surface area contributed by atoms with Crippen LogP contribution >= 0.6 is 0 Å². The van der Waals surface area contributed by atoms with Crippen molar-refractivity contribution in [1.82, 2.24) is 14.8 Å². The molecule has 0 aromatic carbocycles. The van der Waals surface area contributed by atoms with Gasteiger partial charge >= 0.3 is 5.97 Å². The molecule has 1 aromatic heterocycles. The van der Waals surface area contributed by atoms with Crippen LogP contribution in [0.1, 0.15) is 38.4 Å². The number of carboxylic acids is 1. The predicted octanol–water partition coefficient (Wildman–Crippen LogP) is 1.46. The van der Waals surface area contributed by atoms with E-state index in [0.717, 1.165) is 25.2 Å². The van der Waals surface area contributed by atoms with Crippen LogP contribution in [0.2, 0.25) is 0 Å². The Labute approximate surface area is 106 Å². The van der Waals surface area contributed by atoms with Gasteiger partial charge in [-0.1, -0.05) is 0 Å². The van der Waals surface area contributed by atoms with E-state index >= 15 is 0 Å². The fraction of sp³-hybridized carbons (Fsp3) is 0.750. The molecule has 1 fully saturated rings. The molecule has 0 amide bonds. The van der Waals surface area contributed by atoms with Crippen molar-refractivity contribution in [2.24, 2.45) is 5.92 Å². The van der Waals surface area contributed by atoms with Crippen molar-refractivity contribution in [3.05, 3.63) is 12.2 Å². The maximum Gasteiger partial charge on any atom is 0.306 e. The Morgan fingerprint density at radius 1 is 1.50 bits per heavy atom. The van der Waals surface area contributed by atoms with Gasteiger partial charge in [-0.25, -0.2) is 9.67 Å². The molecule has 6 heteroatoms. The number of carbonyl (C=O) groups is 1. The number of ether oxygens (including phenoxy) is 1. The molecule has 1 saturated carbocycles. The average Bonchev–Trinajstić information content (AvgIpc) is 2.84. The van der Waals surface area contributed by atoms with E-state index in [9.17, 15) is 4.79 Å². The van der Waals surface area contributed by atoms with Crippen LogP contribution in [0.15, 0.2) is 6.33 Å². The van der Waals surface area contributed by atoms with Gasteiger partial charge in [0.2, 0.25) is 0 Å². The van der Waals surface area contributed by atoms with Gasteiger partial charge in [-0.2, -0.15) is 5.10 Å². The Balaban J connectivity index is 1.77. The van der Waals surface area contributed by atoms with E-state index in [1.165, 1.54) is 6.33 Å². The molecule has 1 N–H and O–H groups in total. The maximum atomic E-state index is 10.8. The third-order valence-electron chi connectivity index (χ3n) is 3.47. The lowest BCUT2D eigenvalue weighted by Gasteiger charge is -2.26. The van der Waals surface area contributed by atoms with Crippen molar-refractivity contribution in [3.63, 3.8) is 0 Å². The van der Waals surface area contributed by atoms with Crippen LogP contribution in [-0.4, -0.2) is 31.9 Å². The van der Waals surface area contributed by atoms with Gasteiger partial charge in [0.05, 0.1) is 12.0 Å². The van der Waals surface area contributed by atoms with E-state index in [1.54, 1.807) is 0 Å². The molecular formula is C12H19N3O3. The van der Waals surface area contributed by atoms with E-state index in [2.05, 4.69) is 10.1 Å². The van der Waals surface area contributed by atoms with Crippen molar-refractivity contribution in [2.75, 3.05) is 0 Å². The van der Waals surface area contributed by atoms with Gasteiger partial charge in [-0.3, -0.25) is 4.79 Å². The molecule has 1 heterocycles. The van der Waals surface area contributed by atoms with Crippen LogP contribution in [0.5, 0.6) is 0 Å². The topological polar surface area (TPSA) is 77.2 Å². The molecular weight excluding hydrogens is 234 g/mol. The molecule has 6 nitrogen and oxygen atoms in total. The first-order chi connectivity index (χ1) is 8.70. The number of aliphatic carboxylic acids is 1. The highest BCUT2D eigenvalue weighted by atomic mass is 16.5. The molecule has 0 bridgehead atoms. The third kappa shape index (κ3) is 3.07. The smallest absolute Gasteiger partial charge is 0.306 e. The molecule has 0 saturated heterocycles. The Kier molecular flexibility index (Phi) is 4.30. The predicted molar refractivity (Wildman–Crippen MR) is 63.9 cm³/mol. The quantitative estimate of drug-likeness (QED) is 0.859. The molecule has 0 radical (unpaired) electrons. The fourth-order valence-corrected chi connectivity index (χ4v) is 2.33. The van der Waals surface area contributed by atoms with Crippen molar-refractivity contribution >= 4 is 5.97 Å². The van der Waals surface area contributed by atoms with E-state index in [1.807, 2.05) is 11.6 Å². The van der Waals surface area contributed by atoms with E-state index in [-0.39, 0.29) is 12.0 Å². The number of hydrogen-bond acceptors (Lipinski definition) is 4. The minimum Gasteiger partial charge on any atom is -0.481 e. The highest BCUT2D eigenvalue weighted by molar-refractivity contribution is 5.70. The van der Waals surface area contributed by atoms with E-state index < -0.39 is 5.97 Å². The zero-order valence-electron chi connectivity index (χ0n) is 10.6. The summed E-state index contributed by atoms with van der Waals surface area (Å²) in [5, 5.41) is 13.0. The van der Waals surface area contributed by atoms with E-state index in [0.29, 0.717) is 19.4 Å². The lowest BCUT2D eigenvalue weighted by molar-refractivity contribution is -0.143. The molecule has 1 aliphatic carbocycles. The third-order valence-corrected chi connectivity index (χ3v) is 3.47. The highest BCUT2D eigenvalue weighted by Crippen LogP contribution is 2.26. The fourth-order valence-electron chi connectivity index (χ4n) is 2.33.